The molecule has 3 aromatic rings. The highest BCUT2D eigenvalue weighted by Gasteiger charge is 2.26. The number of rotatable bonds is 7. The summed E-state index contributed by atoms with van der Waals surface area (Å²) < 4.78 is 23.5. The van der Waals surface area contributed by atoms with E-state index in [0.29, 0.717) is 17.2 Å². The van der Waals surface area contributed by atoms with Gasteiger partial charge >= 0.3 is 0 Å². The van der Waals surface area contributed by atoms with Crippen LogP contribution in [0.25, 0.3) is 15.7 Å². The quantitative estimate of drug-likeness (QED) is 0.452. The number of allylic oxidation sites excluding steroid dienone is 1. The zero-order chi connectivity index (χ0) is 22.1. The van der Waals surface area contributed by atoms with E-state index in [1.54, 1.807) is 39.8 Å². The van der Waals surface area contributed by atoms with Crippen molar-refractivity contribution in [1.82, 2.24) is 0 Å². The minimum Gasteiger partial charge on any atom is -0.497 e. The fraction of sp³-hybridized carbons (Fsp3) is 0.360. The molecule has 1 fully saturated rings. The SMILES string of the molecule is COc1ccc2c(N(C)C)c(C(=C3CCC3)c3cc(OC)c(OC)c(OC)c3)sc2c1. The molecule has 0 spiro atoms. The minimum absolute atomic E-state index is 0.612. The number of anilines is 1. The molecule has 1 aliphatic rings. The average Bonchev–Trinajstić information content (AvgIpc) is 3.13. The lowest BCUT2D eigenvalue weighted by Crippen LogP contribution is -2.11. The Labute approximate surface area is 187 Å². The Bertz CT molecular complexity index is 1110. The van der Waals surface area contributed by atoms with Crippen molar-refractivity contribution in [2.75, 3.05) is 47.4 Å². The van der Waals surface area contributed by atoms with E-state index in [2.05, 4.69) is 43.3 Å². The van der Waals surface area contributed by atoms with Gasteiger partial charge in [0, 0.05) is 29.8 Å². The Morgan fingerprint density at radius 3 is 2.03 bits per heavy atom. The lowest BCUT2D eigenvalue weighted by atomic mass is 9.84. The summed E-state index contributed by atoms with van der Waals surface area (Å²) in [6, 6.07) is 10.4. The second-order valence-electron chi connectivity index (χ2n) is 7.78. The average molecular weight is 440 g/mol. The summed E-state index contributed by atoms with van der Waals surface area (Å²) in [7, 11) is 10.9. The van der Waals surface area contributed by atoms with Crippen molar-refractivity contribution >= 4 is 32.7 Å². The maximum Gasteiger partial charge on any atom is 0.203 e. The molecule has 5 nitrogen and oxygen atoms in total. The fourth-order valence-corrected chi connectivity index (χ4v) is 5.55. The van der Waals surface area contributed by atoms with Crippen molar-refractivity contribution in [3.05, 3.63) is 46.3 Å². The Morgan fingerprint density at radius 2 is 1.55 bits per heavy atom. The second kappa shape index (κ2) is 8.71. The van der Waals surface area contributed by atoms with Gasteiger partial charge in [-0.25, -0.2) is 0 Å². The van der Waals surface area contributed by atoms with E-state index in [1.807, 2.05) is 6.07 Å². The molecule has 2 aromatic carbocycles. The standard InChI is InChI=1S/C25H29NO4S/c1-26(2)23-18-11-10-17(27-3)14-21(18)31-25(23)22(15-8-7-9-15)16-12-19(28-4)24(30-6)20(13-16)29-5/h10-14H,7-9H2,1-6H3. The molecule has 0 amide bonds. The first-order chi connectivity index (χ1) is 15.0. The van der Waals surface area contributed by atoms with Crippen LogP contribution in [0.2, 0.25) is 0 Å². The molecule has 0 N–H and O–H groups in total. The molecular weight excluding hydrogens is 410 g/mol. The summed E-state index contributed by atoms with van der Waals surface area (Å²) >= 11 is 1.81. The zero-order valence-electron chi connectivity index (χ0n) is 19.0. The Kier molecular flexibility index (Phi) is 6.01. The van der Waals surface area contributed by atoms with Gasteiger partial charge in [-0.2, -0.15) is 0 Å². The van der Waals surface area contributed by atoms with Crippen molar-refractivity contribution in [2.24, 2.45) is 0 Å². The number of hydrogen-bond acceptors (Lipinski definition) is 6. The third-order valence-electron chi connectivity index (χ3n) is 5.81. The van der Waals surface area contributed by atoms with Crippen molar-refractivity contribution in [1.29, 1.82) is 0 Å². The molecule has 0 bridgehead atoms. The Hall–Kier alpha value is -2.86. The van der Waals surface area contributed by atoms with Crippen LogP contribution in [0, 0.1) is 0 Å². The molecule has 0 unspecified atom stereocenters. The van der Waals surface area contributed by atoms with E-state index in [-0.39, 0.29) is 0 Å². The third kappa shape index (κ3) is 3.69. The number of hydrogen-bond donors (Lipinski definition) is 0. The van der Waals surface area contributed by atoms with Gasteiger partial charge in [0.05, 0.1) is 39.0 Å². The summed E-state index contributed by atoms with van der Waals surface area (Å²) in [5.74, 6) is 2.82. The van der Waals surface area contributed by atoms with Gasteiger partial charge in [0.15, 0.2) is 11.5 Å². The number of methoxy groups -OCH3 is 4. The molecule has 0 atom stereocenters. The van der Waals surface area contributed by atoms with Crippen LogP contribution in [-0.4, -0.2) is 42.5 Å². The summed E-state index contributed by atoms with van der Waals surface area (Å²) in [6.07, 6.45) is 3.44. The number of benzene rings is 2. The van der Waals surface area contributed by atoms with Crippen molar-refractivity contribution in [3.8, 4) is 23.0 Å². The summed E-state index contributed by atoms with van der Waals surface area (Å²) in [5, 5.41) is 1.23. The normalized spacial score (nSPS) is 13.0. The largest absolute Gasteiger partial charge is 0.497 e. The van der Waals surface area contributed by atoms with Gasteiger partial charge in [0.2, 0.25) is 5.75 Å². The van der Waals surface area contributed by atoms with Crippen LogP contribution in [-0.2, 0) is 0 Å². The monoisotopic (exact) mass is 439 g/mol. The molecule has 1 aromatic heterocycles. The van der Waals surface area contributed by atoms with Crippen molar-refractivity contribution in [2.45, 2.75) is 19.3 Å². The number of fused-ring (bicyclic) bond motifs is 1. The lowest BCUT2D eigenvalue weighted by Gasteiger charge is -2.25. The van der Waals surface area contributed by atoms with E-state index in [9.17, 15) is 0 Å². The van der Waals surface area contributed by atoms with Crippen molar-refractivity contribution < 1.29 is 18.9 Å². The number of thiophene rings is 1. The Morgan fingerprint density at radius 1 is 0.871 bits per heavy atom. The van der Waals surface area contributed by atoms with E-state index in [1.165, 1.54) is 38.2 Å². The smallest absolute Gasteiger partial charge is 0.203 e. The lowest BCUT2D eigenvalue weighted by molar-refractivity contribution is 0.324. The van der Waals surface area contributed by atoms with E-state index >= 15 is 0 Å². The highest BCUT2D eigenvalue weighted by atomic mass is 32.1. The topological polar surface area (TPSA) is 40.2 Å². The predicted octanol–water partition coefficient (Wildman–Crippen LogP) is 5.99. The molecule has 164 valence electrons. The van der Waals surface area contributed by atoms with Gasteiger partial charge in [-0.1, -0.05) is 5.57 Å². The summed E-state index contributed by atoms with van der Waals surface area (Å²) in [4.78, 5) is 3.47. The van der Waals surface area contributed by atoms with Gasteiger partial charge in [0.25, 0.3) is 0 Å². The van der Waals surface area contributed by atoms with Crippen LogP contribution in [0.3, 0.4) is 0 Å². The van der Waals surface area contributed by atoms with Crippen molar-refractivity contribution in [3.63, 3.8) is 0 Å². The molecule has 0 saturated heterocycles. The van der Waals surface area contributed by atoms with Gasteiger partial charge in [-0.05, 0) is 55.2 Å². The maximum atomic E-state index is 5.65. The second-order valence-corrected chi connectivity index (χ2v) is 8.83. The first-order valence-electron chi connectivity index (χ1n) is 10.3. The number of nitrogens with zero attached hydrogens (tertiary/aromatic N) is 1. The van der Waals surface area contributed by atoms with E-state index < -0.39 is 0 Å². The van der Waals surface area contributed by atoms with E-state index in [4.69, 9.17) is 18.9 Å². The third-order valence-corrected chi connectivity index (χ3v) is 6.97. The molecule has 0 aliphatic heterocycles. The van der Waals surface area contributed by atoms with Crippen LogP contribution < -0.4 is 23.8 Å². The molecule has 0 radical (unpaired) electrons. The predicted molar refractivity (Wildman–Crippen MR) is 129 cm³/mol. The van der Waals surface area contributed by atoms with E-state index in [0.717, 1.165) is 24.2 Å². The van der Waals surface area contributed by atoms with Gasteiger partial charge in [-0.15, -0.1) is 11.3 Å². The molecular formula is C25H29NO4S. The maximum absolute atomic E-state index is 5.65. The van der Waals surface area contributed by atoms with Gasteiger partial charge in [-0.3, -0.25) is 0 Å². The van der Waals surface area contributed by atoms with Crippen LogP contribution >= 0.6 is 11.3 Å². The van der Waals surface area contributed by atoms with Crippen LogP contribution in [0.15, 0.2) is 35.9 Å². The minimum atomic E-state index is 0.612. The molecule has 6 heteroatoms. The zero-order valence-corrected chi connectivity index (χ0v) is 19.8. The molecule has 1 saturated carbocycles. The first-order valence-corrected chi connectivity index (χ1v) is 11.1. The van der Waals surface area contributed by atoms with Gasteiger partial charge in [0.1, 0.15) is 5.75 Å². The molecule has 1 aliphatic carbocycles. The summed E-state index contributed by atoms with van der Waals surface area (Å²) in [6.45, 7) is 0. The molecule has 4 rings (SSSR count). The van der Waals surface area contributed by atoms with Crippen LogP contribution in [0.5, 0.6) is 23.0 Å². The fourth-order valence-electron chi connectivity index (χ4n) is 4.13. The van der Waals surface area contributed by atoms with Gasteiger partial charge < -0.3 is 23.8 Å². The summed E-state index contributed by atoms with van der Waals surface area (Å²) in [5.41, 5.74) is 5.06. The highest BCUT2D eigenvalue weighted by molar-refractivity contribution is 7.21. The van der Waals surface area contributed by atoms with Crippen LogP contribution in [0.1, 0.15) is 29.7 Å². The highest BCUT2D eigenvalue weighted by Crippen LogP contribution is 2.50. The molecule has 31 heavy (non-hydrogen) atoms. The Balaban J connectivity index is 2.00. The number of ether oxygens (including phenoxy) is 4. The van der Waals surface area contributed by atoms with Crippen LogP contribution in [0.4, 0.5) is 5.69 Å². The first kappa shape index (κ1) is 21.4. The molecule has 1 heterocycles.